The van der Waals surface area contributed by atoms with Gasteiger partial charge in [-0.1, -0.05) is 0 Å². The first-order chi connectivity index (χ1) is 15.9. The monoisotopic (exact) mass is 482 g/mol. The van der Waals surface area contributed by atoms with Crippen LogP contribution in [0.3, 0.4) is 0 Å². The van der Waals surface area contributed by atoms with Crippen molar-refractivity contribution in [3.8, 4) is 0 Å². The van der Waals surface area contributed by atoms with Crippen molar-refractivity contribution in [1.82, 2.24) is 19.6 Å². The Hall–Kier alpha value is -2.60. The predicted molar refractivity (Wildman–Crippen MR) is 124 cm³/mol. The molecule has 0 aliphatic carbocycles. The van der Waals surface area contributed by atoms with Gasteiger partial charge in [-0.3, -0.25) is 24.9 Å². The lowest BCUT2D eigenvalue weighted by molar-refractivity contribution is -0.138. The van der Waals surface area contributed by atoms with Gasteiger partial charge < -0.3 is 25.2 Å². The highest BCUT2D eigenvalue weighted by atomic mass is 16.6. The third-order valence-corrected chi connectivity index (χ3v) is 6.48. The van der Waals surface area contributed by atoms with Gasteiger partial charge in [-0.2, -0.15) is 0 Å². The second-order valence-electron chi connectivity index (χ2n) is 10.3. The van der Waals surface area contributed by atoms with Crippen molar-refractivity contribution >= 4 is 24.0 Å². The minimum Gasteiger partial charge on any atom is -0.480 e. The molecule has 3 aliphatic rings. The number of nitrogens with two attached hydrogens (primary N) is 1. The number of ether oxygens (including phenoxy) is 2. The highest BCUT2D eigenvalue weighted by molar-refractivity contribution is 5.87. The summed E-state index contributed by atoms with van der Waals surface area (Å²) in [4.78, 5) is 43.2. The molecule has 0 aromatic heterocycles. The molecule has 3 heterocycles. The lowest BCUT2D eigenvalue weighted by Gasteiger charge is -2.38. The topological polar surface area (TPSA) is 153 Å². The molecule has 3 rings (SSSR count). The molecule has 0 radical (unpaired) electrons. The molecule has 4 N–H and O–H groups in total. The van der Waals surface area contributed by atoms with Gasteiger partial charge in [0, 0.05) is 45.8 Å². The Kier molecular flexibility index (Phi) is 8.24. The predicted octanol–water partition coefficient (Wildman–Crippen LogP) is 0.461. The fraction of sp³-hybridized carbons (Fsp3) is 0.818. The maximum Gasteiger partial charge on any atom is 0.410 e. The van der Waals surface area contributed by atoms with E-state index in [2.05, 4.69) is 4.90 Å². The van der Waals surface area contributed by atoms with Gasteiger partial charge in [-0.25, -0.2) is 9.59 Å². The summed E-state index contributed by atoms with van der Waals surface area (Å²) >= 11 is 0. The van der Waals surface area contributed by atoms with E-state index in [0.717, 1.165) is 0 Å². The lowest BCUT2D eigenvalue weighted by Crippen LogP contribution is -2.53. The fourth-order valence-corrected chi connectivity index (χ4v) is 4.87. The first-order valence-electron chi connectivity index (χ1n) is 11.9. The first-order valence-corrected chi connectivity index (χ1v) is 11.9. The van der Waals surface area contributed by atoms with Crippen molar-refractivity contribution < 1.29 is 29.0 Å². The van der Waals surface area contributed by atoms with Crippen molar-refractivity contribution in [3.63, 3.8) is 0 Å². The molecule has 2 amide bonds. The molecule has 12 heteroatoms. The number of hydrogen-bond acceptors (Lipinski definition) is 8. The number of hydrogen-bond donors (Lipinski definition) is 3. The Morgan fingerprint density at radius 1 is 1.15 bits per heavy atom. The summed E-state index contributed by atoms with van der Waals surface area (Å²) in [5.41, 5.74) is 5.37. The number of amidine groups is 1. The number of likely N-dealkylation sites (tertiary alicyclic amines) is 1. The van der Waals surface area contributed by atoms with Crippen LogP contribution in [0.15, 0.2) is 0 Å². The molecule has 0 spiro atoms. The summed E-state index contributed by atoms with van der Waals surface area (Å²) < 4.78 is 11.1. The SMILES string of the molecule is CC(C)(C)OC(=O)N1CCC(C(C(=N)N)N2CC(CN3CCN(CC(=O)O)CC3)OC2=O)CC1. The molecule has 3 fully saturated rings. The minimum atomic E-state index is -0.832. The van der Waals surface area contributed by atoms with Crippen LogP contribution < -0.4 is 5.73 Å². The molecule has 2 atom stereocenters. The Bertz CT molecular complexity index is 770. The van der Waals surface area contributed by atoms with Crippen LogP contribution in [0.1, 0.15) is 33.6 Å². The summed E-state index contributed by atoms with van der Waals surface area (Å²) in [6, 6.07) is -0.564. The summed E-state index contributed by atoms with van der Waals surface area (Å²) in [6.07, 6.45) is 0.0772. The van der Waals surface area contributed by atoms with Gasteiger partial charge in [0.1, 0.15) is 17.5 Å². The van der Waals surface area contributed by atoms with Crippen molar-refractivity contribution in [2.45, 2.75) is 51.4 Å². The molecule has 0 saturated carbocycles. The number of nitrogens with zero attached hydrogens (tertiary/aromatic N) is 4. The zero-order valence-corrected chi connectivity index (χ0v) is 20.4. The van der Waals surface area contributed by atoms with Gasteiger partial charge in [0.15, 0.2) is 0 Å². The van der Waals surface area contributed by atoms with E-state index in [-0.39, 0.29) is 30.5 Å². The van der Waals surface area contributed by atoms with E-state index in [4.69, 9.17) is 25.7 Å². The van der Waals surface area contributed by atoms with Gasteiger partial charge in [0.25, 0.3) is 0 Å². The Morgan fingerprint density at radius 2 is 1.74 bits per heavy atom. The minimum absolute atomic E-state index is 0.0348. The largest absolute Gasteiger partial charge is 0.480 e. The number of amides is 2. The van der Waals surface area contributed by atoms with Crippen LogP contribution in [-0.4, -0.2) is 125 Å². The number of nitrogens with one attached hydrogen (secondary N) is 1. The number of piperazine rings is 1. The molecular weight excluding hydrogens is 444 g/mol. The summed E-state index contributed by atoms with van der Waals surface area (Å²) in [7, 11) is 0. The van der Waals surface area contributed by atoms with Crippen LogP contribution in [0.2, 0.25) is 0 Å². The molecular formula is C22H38N6O6. The van der Waals surface area contributed by atoms with Crippen LogP contribution in [-0.2, 0) is 14.3 Å². The van der Waals surface area contributed by atoms with Gasteiger partial charge in [-0.15, -0.1) is 0 Å². The first kappa shape index (κ1) is 26.0. The summed E-state index contributed by atoms with van der Waals surface area (Å²) in [5.74, 6) is -0.946. The highest BCUT2D eigenvalue weighted by Gasteiger charge is 2.43. The van der Waals surface area contributed by atoms with E-state index in [0.29, 0.717) is 65.2 Å². The molecule has 3 saturated heterocycles. The molecule has 192 valence electrons. The molecule has 0 aromatic rings. The number of piperidine rings is 1. The zero-order valence-electron chi connectivity index (χ0n) is 20.4. The van der Waals surface area contributed by atoms with E-state index >= 15 is 0 Å². The van der Waals surface area contributed by atoms with Crippen molar-refractivity contribution in [2.75, 3.05) is 58.9 Å². The Balaban J connectivity index is 1.52. The van der Waals surface area contributed by atoms with E-state index in [9.17, 15) is 14.4 Å². The zero-order chi connectivity index (χ0) is 25.0. The molecule has 0 bridgehead atoms. The van der Waals surface area contributed by atoms with E-state index in [1.54, 1.807) is 9.80 Å². The van der Waals surface area contributed by atoms with E-state index in [1.165, 1.54) is 0 Å². The number of carbonyl (C=O) groups excluding carboxylic acids is 2. The second-order valence-corrected chi connectivity index (χ2v) is 10.3. The van der Waals surface area contributed by atoms with Crippen LogP contribution in [0.25, 0.3) is 0 Å². The number of rotatable bonds is 7. The van der Waals surface area contributed by atoms with Gasteiger partial charge in [-0.05, 0) is 39.5 Å². The third kappa shape index (κ3) is 6.95. The average molecular weight is 483 g/mol. The molecule has 0 aromatic carbocycles. The van der Waals surface area contributed by atoms with Gasteiger partial charge in [0.2, 0.25) is 0 Å². The van der Waals surface area contributed by atoms with Crippen LogP contribution in [0.5, 0.6) is 0 Å². The molecule has 3 aliphatic heterocycles. The van der Waals surface area contributed by atoms with Crippen LogP contribution in [0, 0.1) is 11.3 Å². The molecule has 2 unspecified atom stereocenters. The average Bonchev–Trinajstić information content (AvgIpc) is 3.07. The number of carboxylic acid groups (broad SMARTS) is 1. The quantitative estimate of drug-likeness (QED) is 0.347. The van der Waals surface area contributed by atoms with Crippen LogP contribution in [0.4, 0.5) is 9.59 Å². The smallest absolute Gasteiger partial charge is 0.410 e. The molecule has 12 nitrogen and oxygen atoms in total. The van der Waals surface area contributed by atoms with Crippen molar-refractivity contribution in [3.05, 3.63) is 0 Å². The second kappa shape index (κ2) is 10.8. The standard InChI is InChI=1S/C22H38N6O6/c1-22(2,3)34-20(31)27-6-4-15(5-7-27)18(19(23)24)28-13-16(33-21(28)32)12-25-8-10-26(11-9-25)14-17(29)30/h15-16,18H,4-14H2,1-3H3,(H3,23,24)(H,29,30). The van der Waals surface area contributed by atoms with Gasteiger partial charge >= 0.3 is 18.2 Å². The number of carboxylic acids is 1. The number of cyclic esters (lactones) is 1. The van der Waals surface area contributed by atoms with E-state index in [1.807, 2.05) is 25.7 Å². The van der Waals surface area contributed by atoms with Crippen LogP contribution >= 0.6 is 0 Å². The number of aliphatic carboxylic acids is 1. The third-order valence-electron chi connectivity index (χ3n) is 6.48. The molecule has 34 heavy (non-hydrogen) atoms. The summed E-state index contributed by atoms with van der Waals surface area (Å²) in [5, 5.41) is 17.1. The van der Waals surface area contributed by atoms with Gasteiger partial charge in [0.05, 0.1) is 19.1 Å². The van der Waals surface area contributed by atoms with Crippen molar-refractivity contribution in [2.24, 2.45) is 11.7 Å². The Labute approximate surface area is 200 Å². The fourth-order valence-electron chi connectivity index (χ4n) is 4.87. The Morgan fingerprint density at radius 3 is 2.26 bits per heavy atom. The summed E-state index contributed by atoms with van der Waals surface area (Å²) in [6.45, 7) is 10.1. The normalized spacial score (nSPS) is 24.1. The lowest BCUT2D eigenvalue weighted by atomic mass is 9.88. The maximum atomic E-state index is 12.7. The van der Waals surface area contributed by atoms with Crippen molar-refractivity contribution in [1.29, 1.82) is 5.41 Å². The van der Waals surface area contributed by atoms with E-state index < -0.39 is 23.7 Å². The highest BCUT2D eigenvalue weighted by Crippen LogP contribution is 2.28. The maximum absolute atomic E-state index is 12.7. The number of carbonyl (C=O) groups is 3.